The molecule has 1 heterocycles. The van der Waals surface area contributed by atoms with Crippen LogP contribution in [0.1, 0.15) is 25.3 Å². The fraction of sp³-hybridized carbons (Fsp3) is 0.526. The Morgan fingerprint density at radius 2 is 2.08 bits per heavy atom. The van der Waals surface area contributed by atoms with Crippen LogP contribution in [0.5, 0.6) is 0 Å². The molecule has 0 atom stereocenters. The van der Waals surface area contributed by atoms with Crippen LogP contribution in [0.25, 0.3) is 0 Å². The first-order chi connectivity index (χ1) is 12.4. The molecular formula is C19H28N4O3. The number of carbonyl (C=O) groups excluding carboxylic acids is 3. The average molecular weight is 360 g/mol. The Balaban J connectivity index is 1.68. The van der Waals surface area contributed by atoms with Crippen LogP contribution < -0.4 is 10.2 Å². The summed E-state index contributed by atoms with van der Waals surface area (Å²) in [6.07, 6.45) is 0.782. The number of nitrogens with zero attached hydrogens (tertiary/aromatic N) is 3. The van der Waals surface area contributed by atoms with Crippen LogP contribution in [0.15, 0.2) is 24.3 Å². The van der Waals surface area contributed by atoms with Crippen molar-refractivity contribution in [1.29, 1.82) is 0 Å². The number of hydrogen-bond acceptors (Lipinski definition) is 4. The predicted octanol–water partition coefficient (Wildman–Crippen LogP) is 1.61. The molecule has 26 heavy (non-hydrogen) atoms. The lowest BCUT2D eigenvalue weighted by molar-refractivity contribution is -0.126. The van der Waals surface area contributed by atoms with E-state index in [4.69, 9.17) is 0 Å². The first-order valence-electron chi connectivity index (χ1n) is 9.06. The van der Waals surface area contributed by atoms with Gasteiger partial charge in [-0.25, -0.2) is 4.79 Å². The normalized spacial score (nSPS) is 14.1. The van der Waals surface area contributed by atoms with E-state index >= 15 is 0 Å². The number of imide groups is 1. The van der Waals surface area contributed by atoms with E-state index < -0.39 is 0 Å². The molecule has 4 amide bonds. The fourth-order valence-corrected chi connectivity index (χ4v) is 3.00. The van der Waals surface area contributed by atoms with Crippen molar-refractivity contribution in [3.8, 4) is 0 Å². The van der Waals surface area contributed by atoms with Gasteiger partial charge in [-0.3, -0.25) is 14.5 Å². The number of hydrogen-bond donors (Lipinski definition) is 1. The van der Waals surface area contributed by atoms with Gasteiger partial charge in [0.1, 0.15) is 6.54 Å². The molecule has 1 aliphatic rings. The molecule has 7 heteroatoms. The maximum atomic E-state index is 12.0. The highest BCUT2D eigenvalue weighted by molar-refractivity contribution is 6.01. The summed E-state index contributed by atoms with van der Waals surface area (Å²) in [5.41, 5.74) is 2.36. The highest BCUT2D eigenvalue weighted by Gasteiger charge is 2.32. The van der Waals surface area contributed by atoms with Crippen LogP contribution in [-0.2, 0) is 9.59 Å². The molecule has 1 aromatic carbocycles. The minimum absolute atomic E-state index is 0.0576. The summed E-state index contributed by atoms with van der Waals surface area (Å²) in [7, 11) is 1.60. The molecule has 0 bridgehead atoms. The van der Waals surface area contributed by atoms with E-state index in [0.717, 1.165) is 18.8 Å². The number of carbonyl (C=O) groups is 3. The molecule has 1 aromatic rings. The monoisotopic (exact) mass is 360 g/mol. The third-order valence-corrected chi connectivity index (χ3v) is 4.47. The number of anilines is 1. The molecule has 0 radical (unpaired) electrons. The summed E-state index contributed by atoms with van der Waals surface area (Å²) >= 11 is 0. The zero-order valence-corrected chi connectivity index (χ0v) is 15.8. The van der Waals surface area contributed by atoms with Crippen LogP contribution in [-0.4, -0.2) is 67.4 Å². The van der Waals surface area contributed by atoms with E-state index in [1.54, 1.807) is 7.05 Å². The molecule has 0 unspecified atom stereocenters. The highest BCUT2D eigenvalue weighted by atomic mass is 16.2. The van der Waals surface area contributed by atoms with Gasteiger partial charge in [0.25, 0.3) is 0 Å². The largest absolute Gasteiger partial charge is 0.370 e. The van der Waals surface area contributed by atoms with Crippen molar-refractivity contribution in [2.75, 3.05) is 44.7 Å². The quantitative estimate of drug-likeness (QED) is 0.679. The predicted molar refractivity (Wildman–Crippen MR) is 101 cm³/mol. The lowest BCUT2D eigenvalue weighted by atomic mass is 10.2. The van der Waals surface area contributed by atoms with Crippen molar-refractivity contribution in [2.24, 2.45) is 0 Å². The second-order valence-corrected chi connectivity index (χ2v) is 6.56. The van der Waals surface area contributed by atoms with Crippen molar-refractivity contribution in [2.45, 2.75) is 26.7 Å². The first kappa shape index (κ1) is 19.8. The smallest absolute Gasteiger partial charge is 0.326 e. The van der Waals surface area contributed by atoms with Crippen molar-refractivity contribution in [3.05, 3.63) is 29.8 Å². The summed E-state index contributed by atoms with van der Waals surface area (Å²) in [5.74, 6) is -0.257. The number of urea groups is 1. The minimum Gasteiger partial charge on any atom is -0.370 e. The standard InChI is InChI=1S/C19H28N4O3/c1-4-22(16-8-5-7-15(2)13-16)12-10-20-17(24)9-6-11-23-18(25)14-21(3)19(23)26/h5,7-8,13H,4,6,9-12,14H2,1-3H3,(H,20,24). The molecule has 0 aromatic heterocycles. The van der Waals surface area contributed by atoms with Crippen molar-refractivity contribution in [3.63, 3.8) is 0 Å². The van der Waals surface area contributed by atoms with Gasteiger partial charge >= 0.3 is 6.03 Å². The minimum atomic E-state index is -0.285. The average Bonchev–Trinajstić information content (AvgIpc) is 2.84. The van der Waals surface area contributed by atoms with Crippen LogP contribution >= 0.6 is 0 Å². The molecule has 1 saturated heterocycles. The Bertz CT molecular complexity index is 662. The molecule has 142 valence electrons. The van der Waals surface area contributed by atoms with E-state index in [1.165, 1.54) is 15.4 Å². The van der Waals surface area contributed by atoms with Gasteiger partial charge < -0.3 is 15.1 Å². The lowest BCUT2D eigenvalue weighted by Crippen LogP contribution is -2.36. The molecule has 0 saturated carbocycles. The number of nitrogens with one attached hydrogen (secondary N) is 1. The molecular weight excluding hydrogens is 332 g/mol. The third-order valence-electron chi connectivity index (χ3n) is 4.47. The van der Waals surface area contributed by atoms with Crippen molar-refractivity contribution in [1.82, 2.24) is 15.1 Å². The second kappa shape index (κ2) is 9.22. The molecule has 0 spiro atoms. The molecule has 1 fully saturated rings. The maximum Gasteiger partial charge on any atom is 0.326 e. The van der Waals surface area contributed by atoms with Gasteiger partial charge in [-0.15, -0.1) is 0 Å². The Morgan fingerprint density at radius 1 is 1.31 bits per heavy atom. The van der Waals surface area contributed by atoms with E-state index in [9.17, 15) is 14.4 Å². The van der Waals surface area contributed by atoms with Crippen LogP contribution in [0.3, 0.4) is 0 Å². The van der Waals surface area contributed by atoms with Gasteiger partial charge in [-0.2, -0.15) is 0 Å². The van der Waals surface area contributed by atoms with Crippen molar-refractivity contribution < 1.29 is 14.4 Å². The zero-order chi connectivity index (χ0) is 19.1. The zero-order valence-electron chi connectivity index (χ0n) is 15.8. The number of aryl methyl sites for hydroxylation is 1. The topological polar surface area (TPSA) is 73.0 Å². The molecule has 2 rings (SSSR count). The summed E-state index contributed by atoms with van der Waals surface area (Å²) < 4.78 is 0. The SMILES string of the molecule is CCN(CCNC(=O)CCCN1C(=O)CN(C)C1=O)c1cccc(C)c1. The lowest BCUT2D eigenvalue weighted by Gasteiger charge is -2.23. The third kappa shape index (κ3) is 5.21. The number of amides is 4. The fourth-order valence-electron chi connectivity index (χ4n) is 3.00. The summed E-state index contributed by atoms with van der Waals surface area (Å²) in [4.78, 5) is 40.2. The van der Waals surface area contributed by atoms with Crippen LogP contribution in [0, 0.1) is 6.92 Å². The Kier molecular flexibility index (Phi) is 7.00. The highest BCUT2D eigenvalue weighted by Crippen LogP contribution is 2.15. The van der Waals surface area contributed by atoms with Crippen LogP contribution in [0.4, 0.5) is 10.5 Å². The van der Waals surface area contributed by atoms with E-state index in [2.05, 4.69) is 42.3 Å². The Hall–Kier alpha value is -2.57. The van der Waals surface area contributed by atoms with Gasteiger partial charge in [0.2, 0.25) is 11.8 Å². The van der Waals surface area contributed by atoms with E-state index in [0.29, 0.717) is 25.9 Å². The second-order valence-electron chi connectivity index (χ2n) is 6.56. The maximum absolute atomic E-state index is 12.0. The molecule has 1 aliphatic heterocycles. The number of rotatable bonds is 9. The van der Waals surface area contributed by atoms with Gasteiger partial charge in [-0.1, -0.05) is 12.1 Å². The molecule has 1 N–H and O–H groups in total. The van der Waals surface area contributed by atoms with Gasteiger partial charge in [0, 0.05) is 45.3 Å². The summed E-state index contributed by atoms with van der Waals surface area (Å²) in [6, 6.07) is 8.01. The van der Waals surface area contributed by atoms with Crippen molar-refractivity contribution >= 4 is 23.5 Å². The number of benzene rings is 1. The summed E-state index contributed by atoms with van der Waals surface area (Å²) in [6.45, 7) is 6.73. The van der Waals surface area contributed by atoms with Crippen LogP contribution in [0.2, 0.25) is 0 Å². The van der Waals surface area contributed by atoms with Gasteiger partial charge in [0.15, 0.2) is 0 Å². The first-order valence-corrected chi connectivity index (χ1v) is 9.06. The van der Waals surface area contributed by atoms with Gasteiger partial charge in [0.05, 0.1) is 0 Å². The Morgan fingerprint density at radius 3 is 2.69 bits per heavy atom. The van der Waals surface area contributed by atoms with E-state index in [1.807, 2.05) is 6.07 Å². The summed E-state index contributed by atoms with van der Waals surface area (Å²) in [5, 5.41) is 2.91. The molecule has 7 nitrogen and oxygen atoms in total. The van der Waals surface area contributed by atoms with Gasteiger partial charge in [-0.05, 0) is 38.0 Å². The Labute approximate surface area is 154 Å². The molecule has 0 aliphatic carbocycles. The number of likely N-dealkylation sites (N-methyl/N-ethyl adjacent to an activating group) is 2. The van der Waals surface area contributed by atoms with E-state index in [-0.39, 0.29) is 24.4 Å².